The molecule has 0 aliphatic rings. The second-order valence-corrected chi connectivity index (χ2v) is 2.96. The molecule has 1 unspecified atom stereocenters. The molecule has 70 valence electrons. The maximum atomic E-state index is 12.5. The quantitative estimate of drug-likeness (QED) is 0.765. The topological polar surface area (TPSA) is 37.3 Å². The van der Waals surface area contributed by atoms with E-state index in [4.69, 9.17) is 0 Å². The van der Waals surface area contributed by atoms with Gasteiger partial charge in [-0.15, -0.1) is 0 Å². The standard InChI is InChI=1S/C10H11FO2/c1-7(12)10(13)6-8-2-4-9(11)5-3-8/h2-5,10,13H,6H2,1H3. The molecule has 1 aromatic carbocycles. The molecule has 0 aliphatic heterocycles. The largest absolute Gasteiger partial charge is 0.385 e. The van der Waals surface area contributed by atoms with E-state index in [9.17, 15) is 14.3 Å². The van der Waals surface area contributed by atoms with Crippen molar-refractivity contribution in [3.05, 3.63) is 35.6 Å². The fraction of sp³-hybridized carbons (Fsp3) is 0.300. The molecule has 0 spiro atoms. The zero-order valence-electron chi connectivity index (χ0n) is 7.33. The number of carbonyl (C=O) groups excluding carboxylic acids is 1. The van der Waals surface area contributed by atoms with Crippen molar-refractivity contribution in [2.45, 2.75) is 19.4 Å². The monoisotopic (exact) mass is 182 g/mol. The van der Waals surface area contributed by atoms with E-state index in [0.717, 1.165) is 5.56 Å². The van der Waals surface area contributed by atoms with Crippen molar-refractivity contribution in [1.82, 2.24) is 0 Å². The summed E-state index contributed by atoms with van der Waals surface area (Å²) in [6.07, 6.45) is -0.735. The zero-order valence-corrected chi connectivity index (χ0v) is 7.33. The summed E-state index contributed by atoms with van der Waals surface area (Å²) in [7, 11) is 0. The Bertz CT molecular complexity index is 292. The predicted octanol–water partition coefficient (Wildman–Crippen LogP) is 1.32. The number of hydrogen-bond acceptors (Lipinski definition) is 2. The fourth-order valence-electron chi connectivity index (χ4n) is 0.987. The van der Waals surface area contributed by atoms with Crippen molar-refractivity contribution in [1.29, 1.82) is 0 Å². The number of hydrogen-bond donors (Lipinski definition) is 1. The minimum atomic E-state index is -0.981. The van der Waals surface area contributed by atoms with Gasteiger partial charge in [0.05, 0.1) is 0 Å². The average molecular weight is 182 g/mol. The molecule has 1 N–H and O–H groups in total. The first-order valence-electron chi connectivity index (χ1n) is 4.02. The number of aliphatic hydroxyl groups is 1. The smallest absolute Gasteiger partial charge is 0.158 e. The van der Waals surface area contributed by atoms with E-state index in [1.54, 1.807) is 12.1 Å². The van der Waals surface area contributed by atoms with Crippen LogP contribution < -0.4 is 0 Å². The van der Waals surface area contributed by atoms with Crippen LogP contribution in [0.5, 0.6) is 0 Å². The van der Waals surface area contributed by atoms with Crippen LogP contribution in [0.15, 0.2) is 24.3 Å². The number of rotatable bonds is 3. The Morgan fingerprint density at radius 3 is 2.46 bits per heavy atom. The predicted molar refractivity (Wildman–Crippen MR) is 46.8 cm³/mol. The molecule has 1 rings (SSSR count). The van der Waals surface area contributed by atoms with E-state index in [1.165, 1.54) is 19.1 Å². The lowest BCUT2D eigenvalue weighted by atomic mass is 10.1. The van der Waals surface area contributed by atoms with Crippen LogP contribution >= 0.6 is 0 Å². The molecule has 0 heterocycles. The minimum absolute atomic E-state index is 0.246. The van der Waals surface area contributed by atoms with Crippen molar-refractivity contribution >= 4 is 5.78 Å². The second-order valence-electron chi connectivity index (χ2n) is 2.96. The van der Waals surface area contributed by atoms with E-state index in [0.29, 0.717) is 0 Å². The Balaban J connectivity index is 2.64. The molecule has 1 atom stereocenters. The van der Waals surface area contributed by atoms with Gasteiger partial charge in [-0.2, -0.15) is 0 Å². The van der Waals surface area contributed by atoms with Crippen LogP contribution in [0.4, 0.5) is 4.39 Å². The highest BCUT2D eigenvalue weighted by molar-refractivity contribution is 5.80. The molecule has 13 heavy (non-hydrogen) atoms. The lowest BCUT2D eigenvalue weighted by Crippen LogP contribution is -2.19. The third kappa shape index (κ3) is 2.95. The average Bonchev–Trinajstić information content (AvgIpc) is 2.08. The van der Waals surface area contributed by atoms with Crippen LogP contribution in [0, 0.1) is 5.82 Å². The summed E-state index contributed by atoms with van der Waals surface area (Å²) < 4.78 is 12.5. The number of ketones is 1. The van der Waals surface area contributed by atoms with Crippen molar-refractivity contribution in [3.8, 4) is 0 Å². The molecule has 0 saturated heterocycles. The Morgan fingerprint density at radius 1 is 1.46 bits per heavy atom. The van der Waals surface area contributed by atoms with Crippen molar-refractivity contribution in [2.24, 2.45) is 0 Å². The zero-order chi connectivity index (χ0) is 9.84. The van der Waals surface area contributed by atoms with Gasteiger partial charge in [0, 0.05) is 6.42 Å². The van der Waals surface area contributed by atoms with Crippen LogP contribution in [0.3, 0.4) is 0 Å². The first-order valence-corrected chi connectivity index (χ1v) is 4.02. The Morgan fingerprint density at radius 2 is 2.00 bits per heavy atom. The van der Waals surface area contributed by atoms with Crippen LogP contribution in [0.25, 0.3) is 0 Å². The highest BCUT2D eigenvalue weighted by Crippen LogP contribution is 2.06. The molecule has 0 aliphatic carbocycles. The lowest BCUT2D eigenvalue weighted by molar-refractivity contribution is -0.124. The third-order valence-electron chi connectivity index (χ3n) is 1.81. The van der Waals surface area contributed by atoms with Gasteiger partial charge >= 0.3 is 0 Å². The van der Waals surface area contributed by atoms with Gasteiger partial charge in [-0.25, -0.2) is 4.39 Å². The number of carbonyl (C=O) groups is 1. The van der Waals surface area contributed by atoms with E-state index in [-0.39, 0.29) is 18.0 Å². The van der Waals surface area contributed by atoms with Crippen LogP contribution in [0.1, 0.15) is 12.5 Å². The first kappa shape index (κ1) is 9.86. The molecule has 0 fully saturated rings. The summed E-state index contributed by atoms with van der Waals surface area (Å²) >= 11 is 0. The molecule has 0 bridgehead atoms. The first-order chi connectivity index (χ1) is 6.09. The summed E-state index contributed by atoms with van der Waals surface area (Å²) in [5.41, 5.74) is 0.754. The number of halogens is 1. The van der Waals surface area contributed by atoms with Crippen molar-refractivity contribution in [3.63, 3.8) is 0 Å². The third-order valence-corrected chi connectivity index (χ3v) is 1.81. The van der Waals surface area contributed by atoms with E-state index < -0.39 is 6.10 Å². The van der Waals surface area contributed by atoms with Crippen molar-refractivity contribution in [2.75, 3.05) is 0 Å². The van der Waals surface area contributed by atoms with Gasteiger partial charge in [0.15, 0.2) is 5.78 Å². The molecular formula is C10H11FO2. The van der Waals surface area contributed by atoms with Gasteiger partial charge in [0.2, 0.25) is 0 Å². The van der Waals surface area contributed by atoms with Gasteiger partial charge in [-0.3, -0.25) is 4.79 Å². The maximum Gasteiger partial charge on any atom is 0.158 e. The highest BCUT2D eigenvalue weighted by atomic mass is 19.1. The summed E-state index contributed by atoms with van der Waals surface area (Å²) in [6, 6.07) is 5.73. The van der Waals surface area contributed by atoms with E-state index >= 15 is 0 Å². The van der Waals surface area contributed by atoms with Gasteiger partial charge in [-0.1, -0.05) is 12.1 Å². The summed E-state index contributed by atoms with van der Waals surface area (Å²) in [6.45, 7) is 1.33. The summed E-state index contributed by atoms with van der Waals surface area (Å²) in [5.74, 6) is -0.592. The molecular weight excluding hydrogens is 171 g/mol. The highest BCUT2D eigenvalue weighted by Gasteiger charge is 2.09. The normalized spacial score (nSPS) is 12.5. The lowest BCUT2D eigenvalue weighted by Gasteiger charge is -2.05. The van der Waals surface area contributed by atoms with Crippen LogP contribution in [-0.2, 0) is 11.2 Å². The second kappa shape index (κ2) is 4.14. The summed E-state index contributed by atoms with van der Waals surface area (Å²) in [4.78, 5) is 10.7. The molecule has 3 heteroatoms. The van der Waals surface area contributed by atoms with Gasteiger partial charge in [0.1, 0.15) is 11.9 Å². The fourth-order valence-corrected chi connectivity index (χ4v) is 0.987. The van der Waals surface area contributed by atoms with Gasteiger partial charge in [0.25, 0.3) is 0 Å². The molecule has 0 amide bonds. The molecule has 0 radical (unpaired) electrons. The van der Waals surface area contributed by atoms with Crippen molar-refractivity contribution < 1.29 is 14.3 Å². The minimum Gasteiger partial charge on any atom is -0.385 e. The van der Waals surface area contributed by atoms with E-state index in [2.05, 4.69) is 0 Å². The molecule has 1 aromatic rings. The van der Waals surface area contributed by atoms with Gasteiger partial charge < -0.3 is 5.11 Å². The van der Waals surface area contributed by atoms with Crippen LogP contribution in [-0.4, -0.2) is 17.0 Å². The molecule has 0 saturated carbocycles. The maximum absolute atomic E-state index is 12.5. The number of aliphatic hydroxyl groups excluding tert-OH is 1. The SMILES string of the molecule is CC(=O)C(O)Cc1ccc(F)cc1. The molecule has 0 aromatic heterocycles. The Labute approximate surface area is 76.0 Å². The Hall–Kier alpha value is -1.22. The van der Waals surface area contributed by atoms with Gasteiger partial charge in [-0.05, 0) is 24.6 Å². The number of benzene rings is 1. The number of Topliss-reactive ketones (excluding diaryl/α,β-unsaturated/α-hetero) is 1. The summed E-state index contributed by atoms with van der Waals surface area (Å²) in [5, 5.41) is 9.21. The molecule has 2 nitrogen and oxygen atoms in total. The van der Waals surface area contributed by atoms with Crippen LogP contribution in [0.2, 0.25) is 0 Å². The van der Waals surface area contributed by atoms with E-state index in [1.807, 2.05) is 0 Å². The Kier molecular flexibility index (Phi) is 3.14.